The van der Waals surface area contributed by atoms with Gasteiger partial charge in [-0.25, -0.2) is 0 Å². The summed E-state index contributed by atoms with van der Waals surface area (Å²) in [4.78, 5) is 2.58. The highest BCUT2D eigenvalue weighted by Crippen LogP contribution is 2.06. The molecule has 0 amide bonds. The number of nitrogens with zero attached hydrogens (tertiary/aromatic N) is 3. The van der Waals surface area contributed by atoms with E-state index in [0.29, 0.717) is 6.42 Å². The van der Waals surface area contributed by atoms with Gasteiger partial charge in [0.2, 0.25) is 0 Å². The van der Waals surface area contributed by atoms with Crippen molar-refractivity contribution in [3.05, 3.63) is 10.4 Å². The van der Waals surface area contributed by atoms with E-state index < -0.39 is 12.1 Å². The monoisotopic (exact) mass is 159 g/mol. The van der Waals surface area contributed by atoms with Gasteiger partial charge in [0, 0.05) is 4.91 Å². The predicted molar refractivity (Wildman–Crippen MR) is 40.9 cm³/mol. The average Bonchev–Trinajstić information content (AvgIpc) is 2.03. The van der Waals surface area contributed by atoms with E-state index in [1.165, 1.54) is 0 Å². The van der Waals surface area contributed by atoms with Crippen LogP contribution < -0.4 is 0 Å². The fourth-order valence-electron chi connectivity index (χ4n) is 0.811. The summed E-state index contributed by atoms with van der Waals surface area (Å²) in [5, 5.41) is 20.9. The Bertz CT molecular complexity index is 145. The molecule has 5 heteroatoms. The van der Waals surface area contributed by atoms with Crippen LogP contribution in [0.2, 0.25) is 0 Å². The molecule has 64 valence electrons. The second-order valence-corrected chi connectivity index (χ2v) is 2.31. The van der Waals surface area contributed by atoms with E-state index in [9.17, 15) is 0 Å². The van der Waals surface area contributed by atoms with Crippen LogP contribution in [0.25, 0.3) is 10.4 Å². The third-order valence-corrected chi connectivity index (χ3v) is 1.42. The molecule has 0 heterocycles. The normalized spacial score (nSPS) is 15.2. The highest BCUT2D eigenvalue weighted by atomic mass is 16.3. The largest absolute Gasteiger partial charge is 0.394 e. The van der Waals surface area contributed by atoms with Crippen molar-refractivity contribution in [3.63, 3.8) is 0 Å². The van der Waals surface area contributed by atoms with Gasteiger partial charge in [-0.05, 0) is 12.0 Å². The first kappa shape index (κ1) is 10.2. The van der Waals surface area contributed by atoms with Gasteiger partial charge in [0.15, 0.2) is 0 Å². The van der Waals surface area contributed by atoms with E-state index in [1.807, 2.05) is 6.92 Å². The Morgan fingerprint density at radius 1 is 1.64 bits per heavy atom. The molecular weight excluding hydrogens is 146 g/mol. The minimum Gasteiger partial charge on any atom is -0.394 e. The van der Waals surface area contributed by atoms with Crippen molar-refractivity contribution in [2.24, 2.45) is 5.11 Å². The summed E-state index contributed by atoms with van der Waals surface area (Å²) in [5.41, 5.74) is 8.07. The molecule has 0 saturated carbocycles. The van der Waals surface area contributed by atoms with E-state index in [-0.39, 0.29) is 6.61 Å². The number of aliphatic hydroxyl groups excluding tert-OH is 2. The van der Waals surface area contributed by atoms with Crippen LogP contribution in [0.15, 0.2) is 5.11 Å². The lowest BCUT2D eigenvalue weighted by atomic mass is 10.1. The van der Waals surface area contributed by atoms with Crippen LogP contribution in [0.5, 0.6) is 0 Å². The summed E-state index contributed by atoms with van der Waals surface area (Å²) in [6.07, 6.45) is 0.498. The highest BCUT2D eigenvalue weighted by Gasteiger charge is 2.14. The van der Waals surface area contributed by atoms with Crippen molar-refractivity contribution < 1.29 is 10.2 Å². The van der Waals surface area contributed by atoms with Crippen LogP contribution in [0.4, 0.5) is 0 Å². The molecule has 0 aromatic heterocycles. The molecule has 2 N–H and O–H groups in total. The zero-order chi connectivity index (χ0) is 8.69. The topological polar surface area (TPSA) is 89.2 Å². The number of hydrogen-bond donors (Lipinski definition) is 2. The van der Waals surface area contributed by atoms with Gasteiger partial charge in [0.25, 0.3) is 0 Å². The number of hydrogen-bond acceptors (Lipinski definition) is 3. The third-order valence-electron chi connectivity index (χ3n) is 1.42. The number of aliphatic hydroxyl groups is 2. The molecule has 0 spiro atoms. The molecule has 0 radical (unpaired) electrons. The lowest BCUT2D eigenvalue weighted by Gasteiger charge is -2.14. The summed E-state index contributed by atoms with van der Waals surface area (Å²) in [6.45, 7) is 1.56. The molecule has 0 unspecified atom stereocenters. The fraction of sp³-hybridized carbons (Fsp3) is 1.00. The van der Waals surface area contributed by atoms with E-state index in [4.69, 9.17) is 15.7 Å². The third kappa shape index (κ3) is 3.83. The average molecular weight is 159 g/mol. The van der Waals surface area contributed by atoms with Gasteiger partial charge in [-0.15, -0.1) is 0 Å². The van der Waals surface area contributed by atoms with Crippen molar-refractivity contribution in [1.29, 1.82) is 0 Å². The Morgan fingerprint density at radius 2 is 2.27 bits per heavy atom. The summed E-state index contributed by atoms with van der Waals surface area (Å²) in [7, 11) is 0. The van der Waals surface area contributed by atoms with Gasteiger partial charge in [-0.3, -0.25) is 0 Å². The minimum atomic E-state index is -0.925. The van der Waals surface area contributed by atoms with Crippen LogP contribution >= 0.6 is 0 Å². The highest BCUT2D eigenvalue weighted by molar-refractivity contribution is 4.74. The maximum atomic E-state index is 9.07. The first-order valence-corrected chi connectivity index (χ1v) is 3.59. The number of azide groups is 1. The van der Waals surface area contributed by atoms with E-state index >= 15 is 0 Å². The van der Waals surface area contributed by atoms with Crippen molar-refractivity contribution in [1.82, 2.24) is 0 Å². The van der Waals surface area contributed by atoms with Crippen LogP contribution in [0.3, 0.4) is 0 Å². The standard InChI is InChI=1S/C6H13N3O2/c1-2-3-5(8-9-7)6(11)4-10/h5-6,10-11H,2-4H2,1H3/t5-,6+/m0/s1. The summed E-state index contributed by atoms with van der Waals surface area (Å²) >= 11 is 0. The van der Waals surface area contributed by atoms with Crippen LogP contribution in [-0.4, -0.2) is 29.0 Å². The van der Waals surface area contributed by atoms with E-state index in [2.05, 4.69) is 10.0 Å². The van der Waals surface area contributed by atoms with Gasteiger partial charge in [0.05, 0.1) is 18.8 Å². The smallest absolute Gasteiger partial charge is 0.0855 e. The first-order chi connectivity index (χ1) is 5.26. The maximum Gasteiger partial charge on any atom is 0.0855 e. The molecule has 0 bridgehead atoms. The molecule has 0 rings (SSSR count). The Kier molecular flexibility index (Phi) is 5.56. The van der Waals surface area contributed by atoms with Crippen LogP contribution in [0.1, 0.15) is 19.8 Å². The molecule has 0 aromatic rings. The maximum absolute atomic E-state index is 9.07. The second-order valence-electron chi connectivity index (χ2n) is 2.31. The van der Waals surface area contributed by atoms with Crippen molar-refractivity contribution in [2.75, 3.05) is 6.61 Å². The molecular formula is C6H13N3O2. The van der Waals surface area contributed by atoms with Gasteiger partial charge in [-0.1, -0.05) is 18.5 Å². The SMILES string of the molecule is CCC[C@H](N=[N+]=[N-])[C@H](O)CO. The Balaban J connectivity index is 3.96. The summed E-state index contributed by atoms with van der Waals surface area (Å²) < 4.78 is 0. The van der Waals surface area contributed by atoms with Crippen molar-refractivity contribution in [2.45, 2.75) is 31.9 Å². The lowest BCUT2D eigenvalue weighted by Crippen LogP contribution is -2.27. The molecule has 0 aromatic carbocycles. The summed E-state index contributed by atoms with van der Waals surface area (Å²) in [6, 6.07) is -0.491. The molecule has 0 aliphatic rings. The van der Waals surface area contributed by atoms with Gasteiger partial charge in [-0.2, -0.15) is 0 Å². The van der Waals surface area contributed by atoms with E-state index in [0.717, 1.165) is 6.42 Å². The lowest BCUT2D eigenvalue weighted by molar-refractivity contribution is 0.0717. The zero-order valence-corrected chi connectivity index (χ0v) is 6.51. The Labute approximate surface area is 65.3 Å². The molecule has 0 fully saturated rings. The first-order valence-electron chi connectivity index (χ1n) is 3.59. The van der Waals surface area contributed by atoms with Crippen LogP contribution in [0, 0.1) is 0 Å². The molecule has 11 heavy (non-hydrogen) atoms. The number of rotatable bonds is 5. The van der Waals surface area contributed by atoms with Crippen LogP contribution in [-0.2, 0) is 0 Å². The molecule has 0 aliphatic carbocycles. The van der Waals surface area contributed by atoms with Gasteiger partial charge in [0.1, 0.15) is 0 Å². The Hall–Kier alpha value is -0.770. The molecule has 2 atom stereocenters. The predicted octanol–water partition coefficient (Wildman–Crippen LogP) is 0.819. The molecule has 0 aliphatic heterocycles. The van der Waals surface area contributed by atoms with Crippen molar-refractivity contribution >= 4 is 0 Å². The Morgan fingerprint density at radius 3 is 2.64 bits per heavy atom. The fourth-order valence-corrected chi connectivity index (χ4v) is 0.811. The zero-order valence-electron chi connectivity index (χ0n) is 6.51. The van der Waals surface area contributed by atoms with Gasteiger partial charge >= 0.3 is 0 Å². The van der Waals surface area contributed by atoms with Gasteiger partial charge < -0.3 is 10.2 Å². The molecule has 5 nitrogen and oxygen atoms in total. The second kappa shape index (κ2) is 5.97. The minimum absolute atomic E-state index is 0.357. The quantitative estimate of drug-likeness (QED) is 0.353. The van der Waals surface area contributed by atoms with E-state index in [1.54, 1.807) is 0 Å². The summed E-state index contributed by atoms with van der Waals surface area (Å²) in [5.74, 6) is 0. The van der Waals surface area contributed by atoms with Crippen molar-refractivity contribution in [3.8, 4) is 0 Å². The molecule has 0 saturated heterocycles.